The Balaban J connectivity index is 1.83. The van der Waals surface area contributed by atoms with Gasteiger partial charge < -0.3 is 15.2 Å². The molecule has 104 valence electrons. The van der Waals surface area contributed by atoms with E-state index in [1.54, 1.807) is 31.4 Å². The van der Waals surface area contributed by atoms with Gasteiger partial charge in [0.05, 0.1) is 7.11 Å². The fourth-order valence-electron chi connectivity index (χ4n) is 1.59. The van der Waals surface area contributed by atoms with Gasteiger partial charge in [0.2, 0.25) is 0 Å². The molecule has 0 atom stereocenters. The summed E-state index contributed by atoms with van der Waals surface area (Å²) in [4.78, 5) is 11.6. The Hall–Kier alpha value is -2.69. The van der Waals surface area contributed by atoms with Crippen molar-refractivity contribution >= 4 is 17.5 Å². The van der Waals surface area contributed by atoms with Crippen LogP contribution in [0.3, 0.4) is 0 Å². The molecule has 0 aliphatic carbocycles. The first-order valence-corrected chi connectivity index (χ1v) is 6.09. The number of nitrogens with two attached hydrogens (primary N) is 1. The van der Waals surface area contributed by atoms with E-state index in [0.717, 1.165) is 11.3 Å². The van der Waals surface area contributed by atoms with Gasteiger partial charge in [0.1, 0.15) is 12.4 Å². The normalized spacial score (nSPS) is 9.85. The standard InChI is InChI=1S/C15H16N2O3/c1-19-14-8-2-11(3-9-14)10-20-15(18)17-13-6-4-12(16)5-7-13/h2-9H,10,16H2,1H3,(H,17,18). The lowest BCUT2D eigenvalue weighted by molar-refractivity contribution is 0.155. The molecule has 0 unspecified atom stereocenters. The van der Waals surface area contributed by atoms with Crippen molar-refractivity contribution < 1.29 is 14.3 Å². The number of carbonyl (C=O) groups excluding carboxylic acids is 1. The molecule has 5 heteroatoms. The predicted molar refractivity (Wildman–Crippen MR) is 77.7 cm³/mol. The molecule has 2 aromatic rings. The van der Waals surface area contributed by atoms with Crippen LogP contribution in [0.15, 0.2) is 48.5 Å². The summed E-state index contributed by atoms with van der Waals surface area (Å²) in [6.45, 7) is 0.199. The zero-order chi connectivity index (χ0) is 14.4. The number of ether oxygens (including phenoxy) is 2. The van der Waals surface area contributed by atoms with Crippen molar-refractivity contribution in [2.24, 2.45) is 0 Å². The smallest absolute Gasteiger partial charge is 0.411 e. The molecule has 0 spiro atoms. The molecule has 2 rings (SSSR count). The molecule has 2 aromatic carbocycles. The van der Waals surface area contributed by atoms with E-state index in [4.69, 9.17) is 15.2 Å². The fraction of sp³-hybridized carbons (Fsp3) is 0.133. The first-order chi connectivity index (χ1) is 9.67. The topological polar surface area (TPSA) is 73.6 Å². The Morgan fingerprint density at radius 1 is 1.10 bits per heavy atom. The first-order valence-electron chi connectivity index (χ1n) is 6.09. The Morgan fingerprint density at radius 2 is 1.75 bits per heavy atom. The molecule has 20 heavy (non-hydrogen) atoms. The molecule has 0 fully saturated rings. The zero-order valence-corrected chi connectivity index (χ0v) is 11.1. The van der Waals surface area contributed by atoms with Gasteiger partial charge in [-0.2, -0.15) is 0 Å². The summed E-state index contributed by atoms with van der Waals surface area (Å²) in [5.41, 5.74) is 7.73. The van der Waals surface area contributed by atoms with E-state index >= 15 is 0 Å². The highest BCUT2D eigenvalue weighted by molar-refractivity contribution is 5.84. The van der Waals surface area contributed by atoms with Crippen molar-refractivity contribution in [2.45, 2.75) is 6.61 Å². The maximum Gasteiger partial charge on any atom is 0.411 e. The molecule has 5 nitrogen and oxygen atoms in total. The summed E-state index contributed by atoms with van der Waals surface area (Å²) in [6.07, 6.45) is -0.509. The number of amides is 1. The molecule has 1 amide bonds. The number of nitrogen functional groups attached to an aromatic ring is 1. The molecule has 0 radical (unpaired) electrons. The maximum absolute atomic E-state index is 11.6. The molecule has 3 N–H and O–H groups in total. The van der Waals surface area contributed by atoms with Crippen LogP contribution in [-0.2, 0) is 11.3 Å². The SMILES string of the molecule is COc1ccc(COC(=O)Nc2ccc(N)cc2)cc1. The largest absolute Gasteiger partial charge is 0.497 e. The van der Waals surface area contributed by atoms with Crippen molar-refractivity contribution in [1.29, 1.82) is 0 Å². The van der Waals surface area contributed by atoms with Gasteiger partial charge in [-0.25, -0.2) is 4.79 Å². The van der Waals surface area contributed by atoms with Gasteiger partial charge in [-0.3, -0.25) is 5.32 Å². The minimum atomic E-state index is -0.509. The van der Waals surface area contributed by atoms with Crippen LogP contribution in [0.1, 0.15) is 5.56 Å². The lowest BCUT2D eigenvalue weighted by atomic mass is 10.2. The van der Waals surface area contributed by atoms with E-state index in [0.29, 0.717) is 11.4 Å². The number of hydrogen-bond acceptors (Lipinski definition) is 4. The van der Waals surface area contributed by atoms with Crippen molar-refractivity contribution in [2.75, 3.05) is 18.2 Å². The summed E-state index contributed by atoms with van der Waals surface area (Å²) in [5.74, 6) is 0.764. The van der Waals surface area contributed by atoms with E-state index in [1.165, 1.54) is 0 Å². The van der Waals surface area contributed by atoms with E-state index < -0.39 is 6.09 Å². The van der Waals surface area contributed by atoms with Crippen LogP contribution in [0.4, 0.5) is 16.2 Å². The minimum absolute atomic E-state index is 0.199. The molecule has 0 aromatic heterocycles. The molecule has 0 saturated heterocycles. The third kappa shape index (κ3) is 3.91. The van der Waals surface area contributed by atoms with Gasteiger partial charge in [0.25, 0.3) is 0 Å². The Labute approximate surface area is 117 Å². The summed E-state index contributed by atoms with van der Waals surface area (Å²) in [5, 5.41) is 2.62. The summed E-state index contributed by atoms with van der Waals surface area (Å²) >= 11 is 0. The van der Waals surface area contributed by atoms with E-state index in [2.05, 4.69) is 5.32 Å². The second-order valence-electron chi connectivity index (χ2n) is 4.17. The van der Waals surface area contributed by atoms with Crippen LogP contribution in [0.25, 0.3) is 0 Å². The van der Waals surface area contributed by atoms with Crippen LogP contribution < -0.4 is 15.8 Å². The minimum Gasteiger partial charge on any atom is -0.497 e. The van der Waals surface area contributed by atoms with Gasteiger partial charge in [0, 0.05) is 11.4 Å². The third-order valence-corrected chi connectivity index (χ3v) is 2.69. The first kappa shape index (κ1) is 13.7. The highest BCUT2D eigenvalue weighted by Crippen LogP contribution is 2.13. The Bertz CT molecular complexity index is 565. The molecule has 0 aliphatic heterocycles. The van der Waals surface area contributed by atoms with Crippen molar-refractivity contribution in [3.63, 3.8) is 0 Å². The Morgan fingerprint density at radius 3 is 2.35 bits per heavy atom. The van der Waals surface area contributed by atoms with E-state index in [-0.39, 0.29) is 6.61 Å². The average molecular weight is 272 g/mol. The number of nitrogens with one attached hydrogen (secondary N) is 1. The van der Waals surface area contributed by atoms with E-state index in [1.807, 2.05) is 24.3 Å². The summed E-state index contributed by atoms with van der Waals surface area (Å²) in [7, 11) is 1.60. The third-order valence-electron chi connectivity index (χ3n) is 2.69. The van der Waals surface area contributed by atoms with Gasteiger partial charge >= 0.3 is 6.09 Å². The predicted octanol–water partition coefficient (Wildman–Crippen LogP) is 3.03. The van der Waals surface area contributed by atoms with Crippen molar-refractivity contribution in [3.05, 3.63) is 54.1 Å². The zero-order valence-electron chi connectivity index (χ0n) is 11.1. The monoisotopic (exact) mass is 272 g/mol. The van der Waals surface area contributed by atoms with Crippen LogP contribution in [0.5, 0.6) is 5.75 Å². The number of benzene rings is 2. The molecule has 0 bridgehead atoms. The fourth-order valence-corrected chi connectivity index (χ4v) is 1.59. The Kier molecular flexibility index (Phi) is 4.44. The van der Waals surface area contributed by atoms with Crippen molar-refractivity contribution in [3.8, 4) is 5.75 Å². The lowest BCUT2D eigenvalue weighted by Gasteiger charge is -2.07. The number of carbonyl (C=O) groups is 1. The van der Waals surface area contributed by atoms with Crippen molar-refractivity contribution in [1.82, 2.24) is 0 Å². The molecule has 0 heterocycles. The number of anilines is 2. The second kappa shape index (κ2) is 6.47. The lowest BCUT2D eigenvalue weighted by Crippen LogP contribution is -2.13. The molecular formula is C15H16N2O3. The molecule has 0 aliphatic rings. The number of rotatable bonds is 4. The van der Waals surface area contributed by atoms with Gasteiger partial charge in [0.15, 0.2) is 0 Å². The second-order valence-corrected chi connectivity index (χ2v) is 4.17. The van der Waals surface area contributed by atoms with Crippen LogP contribution in [0, 0.1) is 0 Å². The average Bonchev–Trinajstić information content (AvgIpc) is 2.48. The molecular weight excluding hydrogens is 256 g/mol. The maximum atomic E-state index is 11.6. The van der Waals surface area contributed by atoms with Crippen LogP contribution in [-0.4, -0.2) is 13.2 Å². The van der Waals surface area contributed by atoms with Crippen LogP contribution in [0.2, 0.25) is 0 Å². The number of methoxy groups -OCH3 is 1. The highest BCUT2D eigenvalue weighted by Gasteiger charge is 2.03. The molecule has 0 saturated carbocycles. The van der Waals surface area contributed by atoms with Crippen LogP contribution >= 0.6 is 0 Å². The number of hydrogen-bond donors (Lipinski definition) is 2. The summed E-state index contributed by atoms with van der Waals surface area (Å²) < 4.78 is 10.2. The quantitative estimate of drug-likeness (QED) is 0.839. The summed E-state index contributed by atoms with van der Waals surface area (Å²) in [6, 6.07) is 14.2. The van der Waals surface area contributed by atoms with E-state index in [9.17, 15) is 4.79 Å². The van der Waals surface area contributed by atoms with Gasteiger partial charge in [-0.05, 0) is 42.0 Å². The highest BCUT2D eigenvalue weighted by atomic mass is 16.5. The van der Waals surface area contributed by atoms with Gasteiger partial charge in [-0.15, -0.1) is 0 Å². The van der Waals surface area contributed by atoms with Gasteiger partial charge in [-0.1, -0.05) is 12.1 Å².